The highest BCUT2D eigenvalue weighted by Gasteiger charge is 2.27. The topological polar surface area (TPSA) is 63.5 Å². The van der Waals surface area contributed by atoms with Gasteiger partial charge >= 0.3 is 6.03 Å². The number of rotatable bonds is 2. The van der Waals surface area contributed by atoms with Crippen molar-refractivity contribution in [3.63, 3.8) is 0 Å². The fourth-order valence-corrected chi connectivity index (χ4v) is 3.65. The Labute approximate surface area is 164 Å². The van der Waals surface area contributed by atoms with Crippen LogP contribution >= 0.6 is 11.6 Å². The maximum atomic E-state index is 12.6. The third-order valence-electron chi connectivity index (χ3n) is 5.10. The molecular formula is C19H23ClN6O. The van der Waals surface area contributed by atoms with Crippen molar-refractivity contribution in [2.45, 2.75) is 19.9 Å². The van der Waals surface area contributed by atoms with Crippen molar-refractivity contribution in [2.75, 3.05) is 38.0 Å². The summed E-state index contributed by atoms with van der Waals surface area (Å²) in [6, 6.07) is 5.73. The molecule has 1 aromatic rings. The van der Waals surface area contributed by atoms with Gasteiger partial charge < -0.3 is 20.0 Å². The molecule has 0 unspecified atom stereocenters. The highest BCUT2D eigenvalue weighted by molar-refractivity contribution is 6.31. The largest absolute Gasteiger partial charge is 0.353 e. The summed E-state index contributed by atoms with van der Waals surface area (Å²) in [4.78, 5) is 27.9. The summed E-state index contributed by atoms with van der Waals surface area (Å²) in [5, 5.41) is 3.62. The fraction of sp³-hybridized carbons (Fsp3) is 0.421. The smallest absolute Gasteiger partial charge is 0.321 e. The van der Waals surface area contributed by atoms with E-state index in [0.29, 0.717) is 24.2 Å². The number of anilines is 1. The van der Waals surface area contributed by atoms with Gasteiger partial charge in [-0.3, -0.25) is 4.99 Å². The van der Waals surface area contributed by atoms with Crippen LogP contribution in [0.1, 0.15) is 12.5 Å². The molecule has 1 N–H and O–H groups in total. The Morgan fingerprint density at radius 3 is 2.81 bits per heavy atom. The number of hydrogen-bond donors (Lipinski definition) is 1. The number of carbonyl (C=O) groups is 1. The lowest BCUT2D eigenvalue weighted by atomic mass is 10.2. The normalized spacial score (nSPS) is 21.7. The molecule has 0 aromatic heterocycles. The van der Waals surface area contributed by atoms with Gasteiger partial charge in [0.05, 0.1) is 12.4 Å². The van der Waals surface area contributed by atoms with E-state index in [2.05, 4.69) is 32.0 Å². The Morgan fingerprint density at radius 1 is 1.26 bits per heavy atom. The predicted molar refractivity (Wildman–Crippen MR) is 109 cm³/mol. The Hall–Kier alpha value is -2.54. The predicted octanol–water partition coefficient (Wildman–Crippen LogP) is 2.78. The Balaban J connectivity index is 1.36. The van der Waals surface area contributed by atoms with Crippen LogP contribution in [0.5, 0.6) is 0 Å². The molecule has 1 atom stereocenters. The summed E-state index contributed by atoms with van der Waals surface area (Å²) in [7, 11) is 0. The van der Waals surface area contributed by atoms with Crippen LogP contribution in [0.3, 0.4) is 0 Å². The van der Waals surface area contributed by atoms with Crippen molar-refractivity contribution >= 4 is 35.5 Å². The summed E-state index contributed by atoms with van der Waals surface area (Å²) in [5.41, 5.74) is 1.63. The van der Waals surface area contributed by atoms with Crippen LogP contribution in [0.25, 0.3) is 0 Å². The van der Waals surface area contributed by atoms with Gasteiger partial charge in [0.15, 0.2) is 0 Å². The van der Waals surface area contributed by atoms with Crippen molar-refractivity contribution in [1.82, 2.24) is 14.7 Å². The van der Waals surface area contributed by atoms with E-state index in [9.17, 15) is 4.79 Å². The van der Waals surface area contributed by atoms with Gasteiger partial charge in [0.25, 0.3) is 0 Å². The van der Waals surface area contributed by atoms with Gasteiger partial charge in [-0.25, -0.2) is 9.79 Å². The zero-order valence-electron chi connectivity index (χ0n) is 15.5. The average molecular weight is 387 g/mol. The molecule has 3 aliphatic heterocycles. The van der Waals surface area contributed by atoms with Crippen molar-refractivity contribution in [2.24, 2.45) is 9.98 Å². The molecule has 0 radical (unpaired) electrons. The maximum absolute atomic E-state index is 12.6. The molecule has 0 spiro atoms. The second-order valence-corrected chi connectivity index (χ2v) is 7.46. The first-order chi connectivity index (χ1) is 13.0. The zero-order valence-corrected chi connectivity index (χ0v) is 16.3. The van der Waals surface area contributed by atoms with Crippen LogP contribution < -0.4 is 5.32 Å². The van der Waals surface area contributed by atoms with E-state index in [-0.39, 0.29) is 6.03 Å². The summed E-state index contributed by atoms with van der Waals surface area (Å²) in [6.45, 7) is 7.67. The molecular weight excluding hydrogens is 364 g/mol. The van der Waals surface area contributed by atoms with E-state index in [4.69, 9.17) is 11.6 Å². The maximum Gasteiger partial charge on any atom is 0.321 e. The minimum Gasteiger partial charge on any atom is -0.353 e. The van der Waals surface area contributed by atoms with Gasteiger partial charge in [-0.05, 0) is 31.5 Å². The molecule has 8 heteroatoms. The van der Waals surface area contributed by atoms with Crippen LogP contribution in [0.4, 0.5) is 10.5 Å². The Morgan fingerprint density at radius 2 is 2.04 bits per heavy atom. The first-order valence-electron chi connectivity index (χ1n) is 9.17. The number of benzene rings is 1. The van der Waals surface area contributed by atoms with Crippen LogP contribution in [-0.4, -0.2) is 71.7 Å². The molecule has 27 heavy (non-hydrogen) atoms. The Kier molecular flexibility index (Phi) is 4.78. The summed E-state index contributed by atoms with van der Waals surface area (Å²) < 4.78 is 0. The molecule has 1 fully saturated rings. The second-order valence-electron chi connectivity index (χ2n) is 7.05. The van der Waals surface area contributed by atoms with Crippen LogP contribution in [0, 0.1) is 6.92 Å². The number of nitrogens with one attached hydrogen (secondary N) is 1. The highest BCUT2D eigenvalue weighted by Crippen LogP contribution is 2.24. The number of halogens is 1. The van der Waals surface area contributed by atoms with E-state index >= 15 is 0 Å². The van der Waals surface area contributed by atoms with Gasteiger partial charge in [0, 0.05) is 49.5 Å². The quantitative estimate of drug-likeness (QED) is 0.850. The van der Waals surface area contributed by atoms with Crippen LogP contribution in [0.15, 0.2) is 40.1 Å². The lowest BCUT2D eigenvalue weighted by Crippen LogP contribution is -2.50. The van der Waals surface area contributed by atoms with Crippen LogP contribution in [0.2, 0.25) is 5.02 Å². The van der Waals surface area contributed by atoms with Gasteiger partial charge in [-0.15, -0.1) is 0 Å². The monoisotopic (exact) mass is 386 g/mol. The molecule has 0 aliphatic carbocycles. The Bertz CT molecular complexity index is 841. The lowest BCUT2D eigenvalue weighted by molar-refractivity contribution is 0.167. The number of aliphatic imine (C=N–C) groups is 2. The van der Waals surface area contributed by atoms with Crippen molar-refractivity contribution in [3.8, 4) is 0 Å². The molecule has 1 saturated heterocycles. The number of carbonyl (C=O) groups excluding carboxylic acids is 1. The third-order valence-corrected chi connectivity index (χ3v) is 5.51. The highest BCUT2D eigenvalue weighted by atomic mass is 35.5. The summed E-state index contributed by atoms with van der Waals surface area (Å²) in [5.74, 6) is 1.90. The van der Waals surface area contributed by atoms with E-state index < -0.39 is 0 Å². The standard InChI is InChI=1S/C19H23ClN6O/c1-13-11-26-12-21-17(10-18(26)22-13)24-6-8-25(9-7-24)19(27)23-16-5-3-4-15(20)14(16)2/h3-5,10,12-13H,6-9,11H2,1-2H3,(H,23,27)/t13-/m0/s1. The number of piperazine rings is 1. The SMILES string of the molecule is Cc1c(Cl)cccc1NC(=O)N1CCN(C2=CC3=N[C@@H](C)CN3C=N2)CC1. The average Bonchev–Trinajstić information content (AvgIpc) is 3.04. The zero-order chi connectivity index (χ0) is 19.0. The number of nitrogens with zero attached hydrogens (tertiary/aromatic N) is 5. The first kappa shape index (κ1) is 17.9. The number of fused-ring (bicyclic) bond motifs is 1. The van der Waals surface area contributed by atoms with Crippen molar-refractivity contribution < 1.29 is 4.79 Å². The van der Waals surface area contributed by atoms with E-state index in [0.717, 1.165) is 42.5 Å². The molecule has 4 rings (SSSR count). The van der Waals surface area contributed by atoms with Crippen LogP contribution in [-0.2, 0) is 0 Å². The van der Waals surface area contributed by atoms with Gasteiger partial charge in [-0.1, -0.05) is 17.7 Å². The second kappa shape index (κ2) is 7.23. The summed E-state index contributed by atoms with van der Waals surface area (Å²) in [6.07, 6.45) is 3.90. The number of urea groups is 1. The van der Waals surface area contributed by atoms with Crippen molar-refractivity contribution in [3.05, 3.63) is 40.7 Å². The van der Waals surface area contributed by atoms with E-state index in [1.807, 2.05) is 42.4 Å². The molecule has 0 saturated carbocycles. The van der Waals surface area contributed by atoms with Crippen molar-refractivity contribution in [1.29, 1.82) is 0 Å². The van der Waals surface area contributed by atoms with E-state index in [1.54, 1.807) is 0 Å². The third kappa shape index (κ3) is 3.64. The van der Waals surface area contributed by atoms with Gasteiger partial charge in [-0.2, -0.15) is 0 Å². The number of amides is 2. The number of amidine groups is 1. The fourth-order valence-electron chi connectivity index (χ4n) is 3.48. The minimum absolute atomic E-state index is 0.0960. The van der Waals surface area contributed by atoms with Gasteiger partial charge in [0.2, 0.25) is 0 Å². The molecule has 3 heterocycles. The van der Waals surface area contributed by atoms with E-state index in [1.165, 1.54) is 0 Å². The molecule has 1 aromatic carbocycles. The summed E-state index contributed by atoms with van der Waals surface area (Å²) >= 11 is 6.13. The number of hydrogen-bond acceptors (Lipinski definition) is 5. The molecule has 142 valence electrons. The van der Waals surface area contributed by atoms with Gasteiger partial charge in [0.1, 0.15) is 11.7 Å². The molecule has 2 amide bonds. The lowest BCUT2D eigenvalue weighted by Gasteiger charge is -2.36. The molecule has 7 nitrogen and oxygen atoms in total. The first-order valence-corrected chi connectivity index (χ1v) is 9.55. The molecule has 0 bridgehead atoms. The minimum atomic E-state index is -0.0960. The molecule has 3 aliphatic rings.